The molecule has 82 valence electrons. The number of halogens is 3. The predicted molar refractivity (Wildman–Crippen MR) is 53.4 cm³/mol. The summed E-state index contributed by atoms with van der Waals surface area (Å²) in [7, 11) is 0. The molecule has 0 aliphatic rings. The fourth-order valence-electron chi connectivity index (χ4n) is 1.50. The number of nitrogens with zero attached hydrogens (tertiary/aromatic N) is 1. The van der Waals surface area contributed by atoms with Crippen LogP contribution < -0.4 is 0 Å². The van der Waals surface area contributed by atoms with Crippen LogP contribution in [0.4, 0.5) is 13.2 Å². The van der Waals surface area contributed by atoms with E-state index in [9.17, 15) is 13.2 Å². The van der Waals surface area contributed by atoms with Crippen LogP contribution in [0.2, 0.25) is 0 Å². The lowest BCUT2D eigenvalue weighted by atomic mass is 10.1. The minimum absolute atomic E-state index is 0.249. The molecule has 0 saturated heterocycles. The molecule has 0 spiro atoms. The van der Waals surface area contributed by atoms with Crippen molar-refractivity contribution in [3.8, 4) is 0 Å². The van der Waals surface area contributed by atoms with Crippen LogP contribution in [0.3, 0.4) is 0 Å². The minimum Gasteiger partial charge on any atom is -0.261 e. The predicted octanol–water partition coefficient (Wildman–Crippen LogP) is 3.09. The highest BCUT2D eigenvalue weighted by Gasteiger charge is 2.03. The van der Waals surface area contributed by atoms with Gasteiger partial charge in [-0.3, -0.25) is 4.98 Å². The maximum Gasteiger partial charge on any atom is 0.141 e. The number of rotatable bonds is 2. The second kappa shape index (κ2) is 4.35. The van der Waals surface area contributed by atoms with Gasteiger partial charge >= 0.3 is 0 Å². The third-order valence-electron chi connectivity index (χ3n) is 2.09. The van der Waals surface area contributed by atoms with Crippen molar-refractivity contribution in [2.75, 3.05) is 0 Å². The van der Waals surface area contributed by atoms with Crippen LogP contribution in [-0.2, 0) is 6.42 Å². The lowest BCUT2D eigenvalue weighted by molar-refractivity contribution is 0.580. The molecular weight excluding hydrogens is 215 g/mol. The number of aromatic nitrogens is 1. The van der Waals surface area contributed by atoms with E-state index in [-0.39, 0.29) is 6.42 Å². The molecule has 0 radical (unpaired) electrons. The van der Waals surface area contributed by atoms with E-state index in [4.69, 9.17) is 0 Å². The summed E-state index contributed by atoms with van der Waals surface area (Å²) in [6.07, 6.45) is 2.79. The van der Waals surface area contributed by atoms with Crippen molar-refractivity contribution in [3.63, 3.8) is 0 Å². The zero-order valence-corrected chi connectivity index (χ0v) is 8.25. The monoisotopic (exact) mass is 223 g/mol. The molecule has 0 bridgehead atoms. The zero-order valence-electron chi connectivity index (χ0n) is 8.25. The van der Waals surface area contributed by atoms with E-state index in [0.29, 0.717) is 11.1 Å². The Labute approximate surface area is 90.6 Å². The van der Waals surface area contributed by atoms with Crippen LogP contribution in [-0.4, -0.2) is 4.98 Å². The quantitative estimate of drug-likeness (QED) is 0.762. The summed E-state index contributed by atoms with van der Waals surface area (Å²) < 4.78 is 38.6. The zero-order chi connectivity index (χ0) is 11.5. The van der Waals surface area contributed by atoms with Crippen molar-refractivity contribution in [2.45, 2.75) is 6.42 Å². The maximum atomic E-state index is 12.9. The number of hydrogen-bond acceptors (Lipinski definition) is 1. The Kier molecular flexibility index (Phi) is 2.90. The smallest absolute Gasteiger partial charge is 0.141 e. The van der Waals surface area contributed by atoms with Crippen LogP contribution in [0, 0.1) is 17.5 Å². The summed E-state index contributed by atoms with van der Waals surface area (Å²) >= 11 is 0. The van der Waals surface area contributed by atoms with Gasteiger partial charge in [-0.05, 0) is 35.7 Å². The molecule has 0 unspecified atom stereocenters. The van der Waals surface area contributed by atoms with Gasteiger partial charge in [-0.15, -0.1) is 0 Å². The highest BCUT2D eigenvalue weighted by Crippen LogP contribution is 2.13. The third-order valence-corrected chi connectivity index (χ3v) is 2.09. The van der Waals surface area contributed by atoms with E-state index < -0.39 is 17.5 Å². The van der Waals surface area contributed by atoms with Gasteiger partial charge in [0.2, 0.25) is 0 Å². The summed E-state index contributed by atoms with van der Waals surface area (Å²) in [4.78, 5) is 3.66. The first kappa shape index (κ1) is 10.7. The Hall–Kier alpha value is -1.84. The van der Waals surface area contributed by atoms with E-state index in [1.165, 1.54) is 24.4 Å². The van der Waals surface area contributed by atoms with Gasteiger partial charge in [-0.1, -0.05) is 0 Å². The lowest BCUT2D eigenvalue weighted by Crippen LogP contribution is -1.93. The highest BCUT2D eigenvalue weighted by molar-refractivity contribution is 5.25. The average molecular weight is 223 g/mol. The Balaban J connectivity index is 2.27. The third kappa shape index (κ3) is 2.59. The molecule has 1 aromatic carbocycles. The molecule has 0 fully saturated rings. The second-order valence-electron chi connectivity index (χ2n) is 3.47. The summed E-state index contributed by atoms with van der Waals surface area (Å²) in [5.41, 5.74) is 1.02. The Morgan fingerprint density at radius 2 is 1.38 bits per heavy atom. The molecule has 0 atom stereocenters. The van der Waals surface area contributed by atoms with Gasteiger partial charge < -0.3 is 0 Å². The molecule has 1 heterocycles. The van der Waals surface area contributed by atoms with Gasteiger partial charge in [0.15, 0.2) is 0 Å². The van der Waals surface area contributed by atoms with Crippen LogP contribution in [0.5, 0.6) is 0 Å². The Bertz CT molecular complexity index is 491. The first-order valence-electron chi connectivity index (χ1n) is 4.68. The van der Waals surface area contributed by atoms with Crippen LogP contribution in [0.1, 0.15) is 11.1 Å². The summed E-state index contributed by atoms with van der Waals surface area (Å²) in [5.74, 6) is -1.74. The molecule has 0 amide bonds. The molecule has 16 heavy (non-hydrogen) atoms. The first-order valence-corrected chi connectivity index (χ1v) is 4.68. The van der Waals surface area contributed by atoms with Gasteiger partial charge in [0.1, 0.15) is 17.5 Å². The van der Waals surface area contributed by atoms with Crippen LogP contribution in [0.25, 0.3) is 0 Å². The Morgan fingerprint density at radius 1 is 0.750 bits per heavy atom. The summed E-state index contributed by atoms with van der Waals surface area (Å²) in [6.45, 7) is 0. The average Bonchev–Trinajstić information content (AvgIpc) is 2.15. The van der Waals surface area contributed by atoms with Crippen molar-refractivity contribution in [2.24, 2.45) is 0 Å². The number of hydrogen-bond donors (Lipinski definition) is 0. The standard InChI is InChI=1S/C12H8F3N/c13-10-2-8(3-11(14)5-10)1-9-4-12(15)7-16-6-9/h2-7H,1H2. The van der Waals surface area contributed by atoms with E-state index in [1.807, 2.05) is 0 Å². The first-order chi connectivity index (χ1) is 7.63. The lowest BCUT2D eigenvalue weighted by Gasteiger charge is -2.02. The van der Waals surface area contributed by atoms with E-state index >= 15 is 0 Å². The minimum atomic E-state index is -0.639. The summed E-state index contributed by atoms with van der Waals surface area (Å²) in [5, 5.41) is 0. The molecule has 4 heteroatoms. The topological polar surface area (TPSA) is 12.9 Å². The number of pyridine rings is 1. The van der Waals surface area contributed by atoms with Gasteiger partial charge in [-0.2, -0.15) is 0 Å². The van der Waals surface area contributed by atoms with Gasteiger partial charge in [0, 0.05) is 12.3 Å². The van der Waals surface area contributed by atoms with Gasteiger partial charge in [-0.25, -0.2) is 13.2 Å². The van der Waals surface area contributed by atoms with Gasteiger partial charge in [0.25, 0.3) is 0 Å². The van der Waals surface area contributed by atoms with Crippen molar-refractivity contribution >= 4 is 0 Å². The highest BCUT2D eigenvalue weighted by atomic mass is 19.1. The van der Waals surface area contributed by atoms with Gasteiger partial charge in [0.05, 0.1) is 6.20 Å². The fraction of sp³-hybridized carbons (Fsp3) is 0.0833. The Morgan fingerprint density at radius 3 is 2.00 bits per heavy atom. The molecule has 0 aliphatic heterocycles. The van der Waals surface area contributed by atoms with E-state index in [0.717, 1.165) is 12.3 Å². The normalized spacial score (nSPS) is 10.4. The van der Waals surface area contributed by atoms with Crippen molar-refractivity contribution < 1.29 is 13.2 Å². The largest absolute Gasteiger partial charge is 0.261 e. The molecule has 0 N–H and O–H groups in total. The van der Waals surface area contributed by atoms with Crippen molar-refractivity contribution in [1.29, 1.82) is 0 Å². The fourth-order valence-corrected chi connectivity index (χ4v) is 1.50. The molecular formula is C12H8F3N. The van der Waals surface area contributed by atoms with E-state index in [1.54, 1.807) is 0 Å². The van der Waals surface area contributed by atoms with Crippen molar-refractivity contribution in [1.82, 2.24) is 4.98 Å². The number of benzene rings is 1. The molecule has 0 saturated carbocycles. The molecule has 1 aromatic heterocycles. The SMILES string of the molecule is Fc1cncc(Cc2cc(F)cc(F)c2)c1. The van der Waals surface area contributed by atoms with Crippen LogP contribution >= 0.6 is 0 Å². The van der Waals surface area contributed by atoms with E-state index in [2.05, 4.69) is 4.98 Å². The summed E-state index contributed by atoms with van der Waals surface area (Å²) in [6, 6.07) is 4.52. The second-order valence-corrected chi connectivity index (χ2v) is 3.47. The van der Waals surface area contributed by atoms with Crippen molar-refractivity contribution in [3.05, 3.63) is 65.2 Å². The molecule has 2 rings (SSSR count). The van der Waals surface area contributed by atoms with Crippen LogP contribution in [0.15, 0.2) is 36.7 Å². The molecule has 2 aromatic rings. The maximum absolute atomic E-state index is 12.9. The molecule has 1 nitrogen and oxygen atoms in total. The molecule has 0 aliphatic carbocycles.